The number of guanidine groups is 1. The third kappa shape index (κ3) is 5.03. The molecule has 2 N–H and O–H groups in total. The Morgan fingerprint density at radius 1 is 1.21 bits per heavy atom. The van der Waals surface area contributed by atoms with Gasteiger partial charge in [-0.3, -0.25) is 9.79 Å². The average Bonchev–Trinajstić information content (AvgIpc) is 2.71. The maximum absolute atomic E-state index is 11.6. The van der Waals surface area contributed by atoms with Gasteiger partial charge in [0.2, 0.25) is 5.91 Å². The molecule has 1 fully saturated rings. The summed E-state index contributed by atoms with van der Waals surface area (Å²) in [4.78, 5) is 20.2. The van der Waals surface area contributed by atoms with Gasteiger partial charge in [-0.15, -0.1) is 0 Å². The highest BCUT2D eigenvalue weighted by molar-refractivity contribution is 5.82. The van der Waals surface area contributed by atoms with Crippen molar-refractivity contribution in [2.24, 2.45) is 4.99 Å². The van der Waals surface area contributed by atoms with Crippen molar-refractivity contribution in [1.82, 2.24) is 15.5 Å². The monoisotopic (exact) mass is 379 g/mol. The van der Waals surface area contributed by atoms with Gasteiger partial charge in [-0.25, -0.2) is 0 Å². The van der Waals surface area contributed by atoms with Gasteiger partial charge in [-0.2, -0.15) is 0 Å². The number of rotatable bonds is 5. The minimum absolute atomic E-state index is 0.0810. The van der Waals surface area contributed by atoms with E-state index in [4.69, 9.17) is 0 Å². The molecule has 148 valence electrons. The molecule has 1 amide bonds. The number of hydrogen-bond donors (Lipinski definition) is 2. The lowest BCUT2D eigenvalue weighted by Gasteiger charge is -2.28. The van der Waals surface area contributed by atoms with Crippen molar-refractivity contribution < 1.29 is 4.79 Å². The van der Waals surface area contributed by atoms with Crippen molar-refractivity contribution in [3.05, 3.63) is 65.2 Å². The predicted octanol–water partition coefficient (Wildman–Crippen LogP) is 2.14. The zero-order valence-corrected chi connectivity index (χ0v) is 16.9. The van der Waals surface area contributed by atoms with Crippen LogP contribution in [0.15, 0.2) is 53.5 Å². The van der Waals surface area contributed by atoms with Gasteiger partial charge in [-0.1, -0.05) is 36.4 Å². The third-order valence-electron chi connectivity index (χ3n) is 5.03. The van der Waals surface area contributed by atoms with Gasteiger partial charge >= 0.3 is 0 Å². The topological polar surface area (TPSA) is 60.0 Å². The summed E-state index contributed by atoms with van der Waals surface area (Å²) in [5.74, 6) is 0.942. The molecular formula is C22H29N5O. The molecule has 1 heterocycles. The maximum Gasteiger partial charge on any atom is 0.239 e. The number of carbonyl (C=O) groups is 1. The summed E-state index contributed by atoms with van der Waals surface area (Å²) in [5, 5.41) is 6.28. The first-order chi connectivity index (χ1) is 13.6. The van der Waals surface area contributed by atoms with Crippen molar-refractivity contribution in [1.29, 1.82) is 0 Å². The lowest BCUT2D eigenvalue weighted by atomic mass is 10.1. The van der Waals surface area contributed by atoms with Crippen molar-refractivity contribution in [2.75, 3.05) is 38.6 Å². The Kier molecular flexibility index (Phi) is 6.53. The van der Waals surface area contributed by atoms with Crippen molar-refractivity contribution in [3.63, 3.8) is 0 Å². The lowest BCUT2D eigenvalue weighted by Crippen LogP contribution is -2.47. The summed E-state index contributed by atoms with van der Waals surface area (Å²) in [7, 11) is 3.85. The molecule has 0 bridgehead atoms. The number of piperazine rings is 1. The van der Waals surface area contributed by atoms with Crippen molar-refractivity contribution in [2.45, 2.75) is 20.0 Å². The second-order valence-electron chi connectivity index (χ2n) is 7.12. The number of hydrogen-bond acceptors (Lipinski definition) is 3. The van der Waals surface area contributed by atoms with Gasteiger partial charge in [0.1, 0.15) is 0 Å². The van der Waals surface area contributed by atoms with Gasteiger partial charge in [0.05, 0.1) is 6.54 Å². The smallest absolute Gasteiger partial charge is 0.239 e. The summed E-state index contributed by atoms with van der Waals surface area (Å²) in [5.41, 5.74) is 4.84. The SMILES string of the molecule is CN=C(NCc1ccc(N2CCNC(=O)C2)cc1)N(C)Cc1ccccc1C. The van der Waals surface area contributed by atoms with Crippen molar-refractivity contribution >= 4 is 17.6 Å². The molecule has 0 saturated carbocycles. The van der Waals surface area contributed by atoms with E-state index in [9.17, 15) is 4.79 Å². The summed E-state index contributed by atoms with van der Waals surface area (Å²) in [6.07, 6.45) is 0. The van der Waals surface area contributed by atoms with E-state index < -0.39 is 0 Å². The Morgan fingerprint density at radius 2 is 1.96 bits per heavy atom. The van der Waals surface area contributed by atoms with E-state index in [0.29, 0.717) is 19.6 Å². The number of benzene rings is 2. The highest BCUT2D eigenvalue weighted by atomic mass is 16.2. The van der Waals surface area contributed by atoms with Crippen LogP contribution in [-0.4, -0.2) is 50.5 Å². The number of carbonyl (C=O) groups excluding carboxylic acids is 1. The van der Waals surface area contributed by atoms with Crippen LogP contribution in [0.25, 0.3) is 0 Å². The van der Waals surface area contributed by atoms with Crippen LogP contribution in [0.3, 0.4) is 0 Å². The number of aryl methyl sites for hydroxylation is 1. The van der Waals surface area contributed by atoms with E-state index in [1.165, 1.54) is 16.7 Å². The Labute approximate surface area is 167 Å². The first kappa shape index (κ1) is 19.7. The second kappa shape index (κ2) is 9.26. The molecule has 2 aromatic carbocycles. The average molecular weight is 380 g/mol. The maximum atomic E-state index is 11.6. The van der Waals surface area contributed by atoms with Crippen LogP contribution in [0.4, 0.5) is 5.69 Å². The van der Waals surface area contributed by atoms with Gasteiger partial charge in [0.15, 0.2) is 5.96 Å². The fourth-order valence-corrected chi connectivity index (χ4v) is 3.37. The summed E-state index contributed by atoms with van der Waals surface area (Å²) in [6.45, 7) is 5.61. The molecule has 2 aromatic rings. The molecule has 6 heteroatoms. The van der Waals surface area contributed by atoms with Crippen LogP contribution in [0.1, 0.15) is 16.7 Å². The summed E-state index contributed by atoms with van der Waals surface area (Å²) in [6, 6.07) is 16.8. The largest absolute Gasteiger partial charge is 0.360 e. The van der Waals surface area contributed by atoms with E-state index in [1.54, 1.807) is 7.05 Å². The Bertz CT molecular complexity index is 831. The van der Waals surface area contributed by atoms with Gasteiger partial charge < -0.3 is 20.4 Å². The van der Waals surface area contributed by atoms with Crippen molar-refractivity contribution in [3.8, 4) is 0 Å². The van der Waals surface area contributed by atoms with Gasteiger partial charge in [-0.05, 0) is 35.7 Å². The van der Waals surface area contributed by atoms with Crippen LogP contribution in [0.2, 0.25) is 0 Å². The van der Waals surface area contributed by atoms with E-state index in [-0.39, 0.29) is 5.91 Å². The molecule has 28 heavy (non-hydrogen) atoms. The molecule has 3 rings (SSSR count). The van der Waals surface area contributed by atoms with Crippen LogP contribution < -0.4 is 15.5 Å². The first-order valence-corrected chi connectivity index (χ1v) is 9.63. The van der Waals surface area contributed by atoms with Crippen LogP contribution in [-0.2, 0) is 17.9 Å². The van der Waals surface area contributed by atoms with Gasteiger partial charge in [0.25, 0.3) is 0 Å². The fraction of sp³-hybridized carbons (Fsp3) is 0.364. The fourth-order valence-electron chi connectivity index (χ4n) is 3.37. The first-order valence-electron chi connectivity index (χ1n) is 9.63. The molecule has 0 aliphatic carbocycles. The van der Waals surface area contributed by atoms with Crippen LogP contribution in [0, 0.1) is 6.92 Å². The summed E-state index contributed by atoms with van der Waals surface area (Å²) < 4.78 is 0. The molecule has 0 radical (unpaired) electrons. The lowest BCUT2D eigenvalue weighted by molar-refractivity contribution is -0.120. The van der Waals surface area contributed by atoms with Crippen LogP contribution in [0.5, 0.6) is 0 Å². The molecule has 1 aliphatic heterocycles. The number of nitrogens with zero attached hydrogens (tertiary/aromatic N) is 3. The quantitative estimate of drug-likeness (QED) is 0.617. The molecule has 0 aromatic heterocycles. The second-order valence-corrected chi connectivity index (χ2v) is 7.12. The molecule has 1 saturated heterocycles. The standard InChI is InChI=1S/C22H29N5O/c1-17-6-4-5-7-19(17)15-26(3)22(23-2)25-14-18-8-10-20(11-9-18)27-13-12-24-21(28)16-27/h4-11H,12-16H2,1-3H3,(H,23,25)(H,24,28). The zero-order valence-electron chi connectivity index (χ0n) is 16.9. The van der Waals surface area contributed by atoms with E-state index >= 15 is 0 Å². The zero-order chi connectivity index (χ0) is 19.9. The third-order valence-corrected chi connectivity index (χ3v) is 5.03. The number of amides is 1. The highest BCUT2D eigenvalue weighted by Crippen LogP contribution is 2.16. The number of aliphatic imine (C=N–C) groups is 1. The van der Waals surface area contributed by atoms with E-state index in [1.807, 2.05) is 7.05 Å². The molecule has 0 atom stereocenters. The molecule has 0 spiro atoms. The molecule has 6 nitrogen and oxygen atoms in total. The number of anilines is 1. The van der Waals surface area contributed by atoms with E-state index in [0.717, 1.165) is 24.7 Å². The summed E-state index contributed by atoms with van der Waals surface area (Å²) >= 11 is 0. The van der Waals surface area contributed by atoms with Crippen LogP contribution >= 0.6 is 0 Å². The Morgan fingerprint density at radius 3 is 2.64 bits per heavy atom. The minimum Gasteiger partial charge on any atom is -0.360 e. The Hall–Kier alpha value is -3.02. The minimum atomic E-state index is 0.0810. The normalized spacial score (nSPS) is 14.6. The van der Waals surface area contributed by atoms with E-state index in [2.05, 4.69) is 80.9 Å². The highest BCUT2D eigenvalue weighted by Gasteiger charge is 2.16. The van der Waals surface area contributed by atoms with Gasteiger partial charge in [0, 0.05) is 46.0 Å². The molecule has 1 aliphatic rings. The predicted molar refractivity (Wildman–Crippen MR) is 115 cm³/mol. The number of nitrogens with one attached hydrogen (secondary N) is 2. The molecule has 0 unspecified atom stereocenters. The molecular weight excluding hydrogens is 350 g/mol. The Balaban J connectivity index is 1.56.